The van der Waals surface area contributed by atoms with Crippen molar-refractivity contribution in [3.05, 3.63) is 70.9 Å². The summed E-state index contributed by atoms with van der Waals surface area (Å²) < 4.78 is 46.5. The van der Waals surface area contributed by atoms with Crippen molar-refractivity contribution in [1.82, 2.24) is 14.9 Å². The molecular weight excluding hydrogens is 602 g/mol. The van der Waals surface area contributed by atoms with Crippen LogP contribution in [0.1, 0.15) is 79.9 Å². The van der Waals surface area contributed by atoms with Gasteiger partial charge in [0.05, 0.1) is 11.3 Å². The van der Waals surface area contributed by atoms with Crippen molar-refractivity contribution in [2.45, 2.75) is 72.1 Å². The zero-order valence-electron chi connectivity index (χ0n) is 27.1. The molecular formula is C33H47F3N5O3P. The molecule has 1 aliphatic carbocycles. The highest BCUT2D eigenvalue weighted by molar-refractivity contribution is 7.31. The van der Waals surface area contributed by atoms with Gasteiger partial charge in [-0.3, -0.25) is 4.79 Å². The minimum atomic E-state index is -4.69. The van der Waals surface area contributed by atoms with Crippen LogP contribution < -0.4 is 10.6 Å². The first-order valence-electron chi connectivity index (χ1n) is 15.2. The number of aliphatic hydroxyl groups is 1. The lowest BCUT2D eigenvalue weighted by molar-refractivity contribution is -0.137. The van der Waals surface area contributed by atoms with Crippen LogP contribution in [0.25, 0.3) is 0 Å². The lowest BCUT2D eigenvalue weighted by atomic mass is 9.91. The van der Waals surface area contributed by atoms with E-state index in [-0.39, 0.29) is 29.7 Å². The molecule has 3 N–H and O–H groups in total. The molecule has 1 fully saturated rings. The summed E-state index contributed by atoms with van der Waals surface area (Å²) in [7, 11) is 3.51. The van der Waals surface area contributed by atoms with Gasteiger partial charge in [0.2, 0.25) is 5.95 Å². The normalized spacial score (nSPS) is 13.4. The van der Waals surface area contributed by atoms with Crippen LogP contribution in [0.2, 0.25) is 0 Å². The molecule has 1 heterocycles. The molecule has 1 amide bonds. The third-order valence-electron chi connectivity index (χ3n) is 6.79. The molecule has 1 saturated carbocycles. The number of anilines is 4. The van der Waals surface area contributed by atoms with Crippen molar-refractivity contribution in [3.63, 3.8) is 0 Å². The molecule has 1 unspecified atom stereocenters. The van der Waals surface area contributed by atoms with Crippen LogP contribution in [0, 0.1) is 12.8 Å². The predicted molar refractivity (Wildman–Crippen MR) is 178 cm³/mol. The van der Waals surface area contributed by atoms with E-state index in [1.807, 2.05) is 19.1 Å². The number of nitrogens with zero attached hydrogens (tertiary/aromatic N) is 3. The van der Waals surface area contributed by atoms with E-state index in [9.17, 15) is 18.0 Å². The van der Waals surface area contributed by atoms with Gasteiger partial charge in [-0.1, -0.05) is 62.8 Å². The number of hydrogen-bond donors (Lipinski definition) is 3. The van der Waals surface area contributed by atoms with Crippen LogP contribution in [0.5, 0.6) is 0 Å². The number of rotatable bonds is 9. The van der Waals surface area contributed by atoms with E-state index >= 15 is 0 Å². The van der Waals surface area contributed by atoms with E-state index in [1.165, 1.54) is 37.0 Å². The molecule has 0 radical (unpaired) electrons. The first-order valence-corrected chi connectivity index (χ1v) is 16.4. The number of carbonyl (C=O) groups excluding carboxylic acids is 1. The number of amides is 1. The molecule has 12 heteroatoms. The van der Waals surface area contributed by atoms with Gasteiger partial charge >= 0.3 is 6.18 Å². The Morgan fingerprint density at radius 3 is 2.24 bits per heavy atom. The Morgan fingerprint density at radius 1 is 1.07 bits per heavy atom. The summed E-state index contributed by atoms with van der Waals surface area (Å²) in [5.41, 5.74) is 1.91. The topological polar surface area (TPSA) is 99.6 Å². The molecule has 3 aromatic rings. The number of carbonyl (C=O) groups is 1. The number of alkyl halides is 3. The van der Waals surface area contributed by atoms with Gasteiger partial charge in [0, 0.05) is 54.2 Å². The maximum atomic E-state index is 13.7. The number of hydrogen-bond acceptors (Lipinski definition) is 7. The molecule has 1 aromatic heterocycles. The third kappa shape index (κ3) is 13.3. The van der Waals surface area contributed by atoms with Crippen LogP contribution in [0.4, 0.5) is 36.3 Å². The quantitative estimate of drug-likeness (QED) is 0.158. The summed E-state index contributed by atoms with van der Waals surface area (Å²) in [4.78, 5) is 21.9. The van der Waals surface area contributed by atoms with Crippen LogP contribution >= 0.6 is 8.81 Å². The second kappa shape index (κ2) is 19.3. The minimum Gasteiger partial charge on any atom is -0.397 e. The fourth-order valence-electron chi connectivity index (χ4n) is 4.44. The van der Waals surface area contributed by atoms with Crippen LogP contribution in [-0.2, 0) is 16.9 Å². The summed E-state index contributed by atoms with van der Waals surface area (Å²) in [5.74, 6) is 0.217. The second-order valence-electron chi connectivity index (χ2n) is 11.0. The first kappa shape index (κ1) is 37.9. The highest BCUT2D eigenvalue weighted by Crippen LogP contribution is 2.36. The van der Waals surface area contributed by atoms with Crippen molar-refractivity contribution in [3.8, 4) is 0 Å². The number of halogens is 3. The van der Waals surface area contributed by atoms with E-state index in [0.717, 1.165) is 29.4 Å². The number of aromatic nitrogens is 2. The number of nitrogens with one attached hydrogen (secondary N) is 2. The standard InChI is InChI=1S/C24H27F3N5O2P.C7H14.C2H6O/c1-5-34-35-14-16-7-9-17(10-8-16)29-23-28-13-19(24(25,26)27)21(31-23)30-20-11-6-15(2)12-18(20)22(33)32(3)4;1-7-5-3-2-4-6-7;1-2-3/h6-13,35H,5,14H2,1-4H3,(H2,28,29,30,31);7H,2-6H2,1H3;3H,2H2,1H3. The lowest BCUT2D eigenvalue weighted by Crippen LogP contribution is -2.23. The molecule has 4 rings (SSSR count). The van der Waals surface area contributed by atoms with Crippen LogP contribution in [0.3, 0.4) is 0 Å². The average Bonchev–Trinajstić information content (AvgIpc) is 2.99. The lowest BCUT2D eigenvalue weighted by Gasteiger charge is -2.18. The molecule has 0 aliphatic heterocycles. The third-order valence-corrected chi connectivity index (χ3v) is 7.83. The SMILES string of the molecule is CC1CCCCC1.CCO.CCOPCc1ccc(Nc2ncc(C(F)(F)F)c(Nc3ccc(C)cc3C(=O)N(C)C)n2)cc1. The van der Waals surface area contributed by atoms with E-state index in [4.69, 9.17) is 9.63 Å². The van der Waals surface area contributed by atoms with Crippen molar-refractivity contribution < 1.29 is 27.6 Å². The van der Waals surface area contributed by atoms with Gasteiger partial charge in [-0.05, 0) is 56.5 Å². The van der Waals surface area contributed by atoms with Crippen LogP contribution in [-0.4, -0.2) is 53.2 Å². The van der Waals surface area contributed by atoms with Gasteiger partial charge in [-0.2, -0.15) is 18.2 Å². The number of aryl methyl sites for hydroxylation is 1. The Morgan fingerprint density at radius 2 is 1.71 bits per heavy atom. The molecule has 45 heavy (non-hydrogen) atoms. The fourth-order valence-corrected chi connectivity index (χ4v) is 5.14. The van der Waals surface area contributed by atoms with Gasteiger partial charge < -0.3 is 25.2 Å². The maximum absolute atomic E-state index is 13.7. The summed E-state index contributed by atoms with van der Waals surface area (Å²) in [6.45, 7) is 8.69. The van der Waals surface area contributed by atoms with E-state index in [1.54, 1.807) is 58.3 Å². The molecule has 248 valence electrons. The van der Waals surface area contributed by atoms with Gasteiger partial charge in [-0.15, -0.1) is 0 Å². The Hall–Kier alpha value is -3.27. The van der Waals surface area contributed by atoms with Gasteiger partial charge in [0.25, 0.3) is 5.91 Å². The van der Waals surface area contributed by atoms with E-state index in [2.05, 4.69) is 27.5 Å². The Balaban J connectivity index is 0.000000603. The smallest absolute Gasteiger partial charge is 0.397 e. The fraction of sp³-hybridized carbons (Fsp3) is 0.485. The first-order chi connectivity index (χ1) is 21.4. The summed E-state index contributed by atoms with van der Waals surface area (Å²) in [6.07, 6.45) is 4.24. The van der Waals surface area contributed by atoms with Crippen molar-refractivity contribution in [2.75, 3.05) is 37.9 Å². The van der Waals surface area contributed by atoms with Gasteiger partial charge in [0.1, 0.15) is 11.4 Å². The van der Waals surface area contributed by atoms with Gasteiger partial charge in [0.15, 0.2) is 0 Å². The average molecular weight is 650 g/mol. The highest BCUT2D eigenvalue weighted by Gasteiger charge is 2.35. The van der Waals surface area contributed by atoms with Crippen molar-refractivity contribution >= 4 is 37.9 Å². The Bertz CT molecular complexity index is 1320. The monoisotopic (exact) mass is 649 g/mol. The Kier molecular flexibility index (Phi) is 16.3. The second-order valence-corrected chi connectivity index (χ2v) is 11.9. The zero-order chi connectivity index (χ0) is 33.4. The van der Waals surface area contributed by atoms with E-state index in [0.29, 0.717) is 21.1 Å². The minimum absolute atomic E-state index is 0.0166. The van der Waals surface area contributed by atoms with Crippen molar-refractivity contribution in [2.24, 2.45) is 5.92 Å². The van der Waals surface area contributed by atoms with Crippen molar-refractivity contribution in [1.29, 1.82) is 0 Å². The molecule has 8 nitrogen and oxygen atoms in total. The van der Waals surface area contributed by atoms with Crippen LogP contribution in [0.15, 0.2) is 48.7 Å². The number of aliphatic hydroxyl groups excluding tert-OH is 1. The summed E-state index contributed by atoms with van der Waals surface area (Å²) >= 11 is 0. The molecule has 0 saturated heterocycles. The zero-order valence-corrected chi connectivity index (χ0v) is 28.1. The summed E-state index contributed by atoms with van der Waals surface area (Å²) in [6, 6.07) is 12.3. The molecule has 1 atom stereocenters. The highest BCUT2D eigenvalue weighted by atomic mass is 31.1. The van der Waals surface area contributed by atoms with Gasteiger partial charge in [-0.25, -0.2) is 4.98 Å². The maximum Gasteiger partial charge on any atom is 0.421 e. The molecule has 0 spiro atoms. The summed E-state index contributed by atoms with van der Waals surface area (Å²) in [5, 5.41) is 13.2. The van der Waals surface area contributed by atoms with E-state index < -0.39 is 17.6 Å². The number of benzene rings is 2. The molecule has 2 aromatic carbocycles. The predicted octanol–water partition coefficient (Wildman–Crippen LogP) is 8.71. The molecule has 1 aliphatic rings. The molecule has 0 bridgehead atoms. The largest absolute Gasteiger partial charge is 0.421 e. The Labute approximate surface area is 267 Å².